The van der Waals surface area contributed by atoms with Crippen molar-refractivity contribution in [1.82, 2.24) is 4.72 Å². The predicted molar refractivity (Wildman–Crippen MR) is 95.8 cm³/mol. The lowest BCUT2D eigenvalue weighted by atomic mass is 10.1. The molecule has 0 unspecified atom stereocenters. The molecule has 1 saturated carbocycles. The Kier molecular flexibility index (Phi) is 6.32. The molecular weight excluding hydrogens is 342 g/mol. The highest BCUT2D eigenvalue weighted by molar-refractivity contribution is 7.92. The van der Waals surface area contributed by atoms with Gasteiger partial charge in [0, 0.05) is 17.4 Å². The van der Waals surface area contributed by atoms with Gasteiger partial charge in [-0.2, -0.15) is 0 Å². The summed E-state index contributed by atoms with van der Waals surface area (Å²) in [5, 5.41) is 15.2. The van der Waals surface area contributed by atoms with E-state index in [0.29, 0.717) is 5.92 Å². The van der Waals surface area contributed by atoms with Crippen molar-refractivity contribution < 1.29 is 23.4 Å². The average Bonchev–Trinajstić information content (AvgIpc) is 3.33. The molecule has 1 aliphatic carbocycles. The maximum absolute atomic E-state index is 12.0. The van der Waals surface area contributed by atoms with E-state index in [1.807, 2.05) is 60.7 Å². The van der Waals surface area contributed by atoms with Gasteiger partial charge < -0.3 is 10.2 Å². The van der Waals surface area contributed by atoms with E-state index >= 15 is 0 Å². The Morgan fingerprint density at radius 1 is 1.00 bits per heavy atom. The topological polar surface area (TPSA) is 104 Å². The highest BCUT2D eigenvalue weighted by Gasteiger charge is 2.40. The summed E-state index contributed by atoms with van der Waals surface area (Å²) in [6.45, 7) is 0. The van der Waals surface area contributed by atoms with Gasteiger partial charge in [-0.15, -0.1) is 0 Å². The van der Waals surface area contributed by atoms with Gasteiger partial charge in [0.1, 0.15) is 0 Å². The molecule has 0 amide bonds. The lowest BCUT2D eigenvalue weighted by Gasteiger charge is -2.02. The van der Waals surface area contributed by atoms with Gasteiger partial charge in [-0.3, -0.25) is 0 Å². The summed E-state index contributed by atoms with van der Waals surface area (Å²) >= 11 is 0. The minimum Gasteiger partial charge on any atom is -0.450 e. The largest absolute Gasteiger partial charge is 0.503 e. The van der Waals surface area contributed by atoms with E-state index in [2.05, 4.69) is 4.72 Å². The van der Waals surface area contributed by atoms with Crippen LogP contribution in [0.1, 0.15) is 23.5 Å². The molecule has 0 heterocycles. The second-order valence-corrected chi connectivity index (χ2v) is 7.12. The fraction of sp³-hybridized carbons (Fsp3) is 0.167. The van der Waals surface area contributed by atoms with Crippen molar-refractivity contribution in [2.24, 2.45) is 0 Å². The Morgan fingerprint density at radius 2 is 1.52 bits per heavy atom. The molecule has 132 valence electrons. The smallest absolute Gasteiger partial charge is 0.450 e. The molecular formula is C18H19NO5S. The fourth-order valence-corrected chi connectivity index (χ4v) is 3.47. The molecule has 0 aliphatic heterocycles. The Balaban J connectivity index is 0.000000511. The highest BCUT2D eigenvalue weighted by atomic mass is 32.2. The third-order valence-electron chi connectivity index (χ3n) is 3.57. The maximum Gasteiger partial charge on any atom is 0.503 e. The van der Waals surface area contributed by atoms with Crippen LogP contribution in [0.3, 0.4) is 0 Å². The van der Waals surface area contributed by atoms with E-state index in [9.17, 15) is 8.42 Å². The monoisotopic (exact) mass is 361 g/mol. The summed E-state index contributed by atoms with van der Waals surface area (Å²) in [6.07, 6.45) is 0.644. The van der Waals surface area contributed by atoms with Crippen LogP contribution in [0.5, 0.6) is 0 Å². The average molecular weight is 361 g/mol. The summed E-state index contributed by atoms with van der Waals surface area (Å²) in [5.41, 5.74) is 2.07. The summed E-state index contributed by atoms with van der Waals surface area (Å²) < 4.78 is 26.8. The van der Waals surface area contributed by atoms with Gasteiger partial charge in [-0.1, -0.05) is 60.7 Å². The van der Waals surface area contributed by atoms with E-state index in [1.165, 1.54) is 11.0 Å². The molecule has 0 bridgehead atoms. The molecule has 2 aromatic carbocycles. The Labute approximate surface area is 146 Å². The van der Waals surface area contributed by atoms with Gasteiger partial charge >= 0.3 is 6.16 Å². The van der Waals surface area contributed by atoms with E-state index < -0.39 is 16.2 Å². The van der Waals surface area contributed by atoms with Crippen molar-refractivity contribution in [2.75, 3.05) is 0 Å². The number of nitrogens with one attached hydrogen (secondary N) is 1. The summed E-state index contributed by atoms with van der Waals surface area (Å²) in [6, 6.07) is 19.4. The zero-order valence-corrected chi connectivity index (χ0v) is 14.1. The van der Waals surface area contributed by atoms with E-state index in [1.54, 1.807) is 6.08 Å². The number of benzene rings is 2. The van der Waals surface area contributed by atoms with Crippen LogP contribution in [-0.2, 0) is 10.0 Å². The minimum atomic E-state index is -3.39. The van der Waals surface area contributed by atoms with E-state index in [-0.39, 0.29) is 6.04 Å². The summed E-state index contributed by atoms with van der Waals surface area (Å²) in [4.78, 5) is 8.56. The second kappa shape index (κ2) is 8.46. The first kappa shape index (κ1) is 18.7. The van der Waals surface area contributed by atoms with Crippen LogP contribution in [0.4, 0.5) is 4.79 Å². The summed E-state index contributed by atoms with van der Waals surface area (Å²) in [7, 11) is -3.39. The van der Waals surface area contributed by atoms with Crippen LogP contribution < -0.4 is 4.72 Å². The molecule has 2 atom stereocenters. The number of hydrogen-bond acceptors (Lipinski definition) is 3. The summed E-state index contributed by atoms with van der Waals surface area (Å²) in [5.74, 6) is 0.297. The quantitative estimate of drug-likeness (QED) is 0.758. The van der Waals surface area contributed by atoms with Crippen LogP contribution in [0.25, 0.3) is 6.08 Å². The molecule has 25 heavy (non-hydrogen) atoms. The lowest BCUT2D eigenvalue weighted by molar-refractivity contribution is 0.137. The molecule has 0 radical (unpaired) electrons. The Bertz CT molecular complexity index is 815. The number of rotatable bonds is 5. The lowest BCUT2D eigenvalue weighted by Crippen LogP contribution is -2.24. The molecule has 3 rings (SSSR count). The van der Waals surface area contributed by atoms with E-state index in [4.69, 9.17) is 15.0 Å². The van der Waals surface area contributed by atoms with Crippen molar-refractivity contribution in [3.05, 3.63) is 77.2 Å². The minimum absolute atomic E-state index is 0.0119. The first-order valence-electron chi connectivity index (χ1n) is 7.60. The Morgan fingerprint density at radius 3 is 2.08 bits per heavy atom. The number of carbonyl (C=O) groups is 1. The third-order valence-corrected chi connectivity index (χ3v) is 4.70. The van der Waals surface area contributed by atoms with Crippen LogP contribution >= 0.6 is 0 Å². The van der Waals surface area contributed by atoms with Crippen LogP contribution in [0.2, 0.25) is 0 Å². The standard InChI is InChI=1S/C17H17NO2S.CH2O3/c19-21(20,12-11-14-7-3-1-4-8-14)18-17-13-16(17)15-9-5-2-6-10-15;2-1(3)4/h1-12,16-18H,13H2;(H2,2,3,4)/b12-11+;/t16-,17+;/m1./s1. The zero-order valence-electron chi connectivity index (χ0n) is 13.3. The van der Waals surface area contributed by atoms with Crippen molar-refractivity contribution in [3.63, 3.8) is 0 Å². The molecule has 3 N–H and O–H groups in total. The Hall–Kier alpha value is -2.64. The van der Waals surface area contributed by atoms with E-state index in [0.717, 1.165) is 12.0 Å². The van der Waals surface area contributed by atoms with Gasteiger partial charge in [-0.05, 0) is 23.6 Å². The first-order valence-corrected chi connectivity index (χ1v) is 9.14. The zero-order chi connectivity index (χ0) is 18.3. The first-order chi connectivity index (χ1) is 11.9. The molecule has 6 nitrogen and oxygen atoms in total. The number of hydrogen-bond donors (Lipinski definition) is 3. The fourth-order valence-electron chi connectivity index (χ4n) is 2.38. The van der Waals surface area contributed by atoms with Gasteiger partial charge in [0.05, 0.1) is 0 Å². The van der Waals surface area contributed by atoms with Gasteiger partial charge in [0.25, 0.3) is 0 Å². The van der Waals surface area contributed by atoms with Crippen molar-refractivity contribution >= 4 is 22.3 Å². The molecule has 7 heteroatoms. The normalized spacial score (nSPS) is 19.0. The molecule has 0 spiro atoms. The van der Waals surface area contributed by atoms with Crippen LogP contribution in [-0.4, -0.2) is 30.8 Å². The molecule has 1 aliphatic rings. The SMILES string of the molecule is O=C(O)O.O=S(=O)(/C=C/c1ccccc1)N[C@H]1C[C@@H]1c1ccccc1. The molecule has 1 fully saturated rings. The second-order valence-electron chi connectivity index (χ2n) is 5.52. The van der Waals surface area contributed by atoms with Crippen LogP contribution in [0, 0.1) is 0 Å². The molecule has 0 saturated heterocycles. The maximum atomic E-state index is 12.0. The van der Waals surface area contributed by atoms with Crippen LogP contribution in [0.15, 0.2) is 66.1 Å². The van der Waals surface area contributed by atoms with Crippen molar-refractivity contribution in [1.29, 1.82) is 0 Å². The predicted octanol–water partition coefficient (Wildman–Crippen LogP) is 3.36. The van der Waals surface area contributed by atoms with Crippen molar-refractivity contribution in [2.45, 2.75) is 18.4 Å². The van der Waals surface area contributed by atoms with Gasteiger partial charge in [0.15, 0.2) is 0 Å². The molecule has 2 aromatic rings. The number of carboxylic acid groups (broad SMARTS) is 2. The van der Waals surface area contributed by atoms with Crippen molar-refractivity contribution in [3.8, 4) is 0 Å². The van der Waals surface area contributed by atoms with Gasteiger partial charge in [0.2, 0.25) is 10.0 Å². The highest BCUT2D eigenvalue weighted by Crippen LogP contribution is 2.41. The molecule has 0 aromatic heterocycles. The third kappa shape index (κ3) is 6.78. The number of sulfonamides is 1. The van der Waals surface area contributed by atoms with Gasteiger partial charge in [-0.25, -0.2) is 17.9 Å².